The van der Waals surface area contributed by atoms with Crippen LogP contribution in [0.1, 0.15) is 31.7 Å². The van der Waals surface area contributed by atoms with Gasteiger partial charge in [-0.1, -0.05) is 6.92 Å². The Morgan fingerprint density at radius 3 is 2.86 bits per heavy atom. The van der Waals surface area contributed by atoms with Crippen LogP contribution >= 0.6 is 35.3 Å². The number of sulfone groups is 1. The molecule has 0 spiro atoms. The van der Waals surface area contributed by atoms with Gasteiger partial charge in [0.2, 0.25) is 0 Å². The van der Waals surface area contributed by atoms with E-state index >= 15 is 0 Å². The number of halogens is 1. The van der Waals surface area contributed by atoms with Crippen LogP contribution in [0.2, 0.25) is 0 Å². The molecule has 0 saturated carbocycles. The van der Waals surface area contributed by atoms with Gasteiger partial charge in [-0.05, 0) is 35.7 Å². The van der Waals surface area contributed by atoms with Gasteiger partial charge in [0, 0.05) is 25.0 Å². The normalized spacial score (nSPS) is 21.9. The number of rotatable bonds is 5. The minimum Gasteiger partial charge on any atom is -0.357 e. The maximum absolute atomic E-state index is 11.5. The van der Waals surface area contributed by atoms with E-state index in [4.69, 9.17) is 0 Å². The van der Waals surface area contributed by atoms with E-state index in [9.17, 15) is 8.42 Å². The van der Waals surface area contributed by atoms with Crippen molar-refractivity contribution in [1.29, 1.82) is 0 Å². The van der Waals surface area contributed by atoms with Crippen LogP contribution in [-0.2, 0) is 9.84 Å². The third-order valence-electron chi connectivity index (χ3n) is 3.55. The van der Waals surface area contributed by atoms with E-state index in [-0.39, 0.29) is 41.5 Å². The van der Waals surface area contributed by atoms with Crippen LogP contribution in [0.5, 0.6) is 0 Å². The van der Waals surface area contributed by atoms with Crippen LogP contribution in [0, 0.1) is 0 Å². The molecule has 0 aliphatic carbocycles. The Morgan fingerprint density at radius 1 is 1.55 bits per heavy atom. The maximum atomic E-state index is 11.5. The van der Waals surface area contributed by atoms with Gasteiger partial charge in [0.15, 0.2) is 15.8 Å². The summed E-state index contributed by atoms with van der Waals surface area (Å²) in [5.74, 6) is 1.55. The minimum atomic E-state index is -2.87. The molecule has 2 rings (SSSR count). The molecule has 1 aromatic heterocycles. The van der Waals surface area contributed by atoms with E-state index in [0.29, 0.717) is 24.8 Å². The van der Waals surface area contributed by atoms with Crippen LogP contribution < -0.4 is 10.6 Å². The number of nitrogens with zero attached hydrogens (tertiary/aromatic N) is 1. The zero-order valence-electron chi connectivity index (χ0n) is 12.9. The van der Waals surface area contributed by atoms with Crippen molar-refractivity contribution < 1.29 is 8.42 Å². The Kier molecular flexibility index (Phi) is 8.12. The van der Waals surface area contributed by atoms with E-state index in [1.54, 1.807) is 11.3 Å². The van der Waals surface area contributed by atoms with Crippen molar-refractivity contribution in [2.45, 2.75) is 32.2 Å². The van der Waals surface area contributed by atoms with Crippen molar-refractivity contribution in [2.24, 2.45) is 4.99 Å². The highest BCUT2D eigenvalue weighted by Crippen LogP contribution is 2.18. The number of thiophene rings is 1. The van der Waals surface area contributed by atoms with Crippen LogP contribution in [0.25, 0.3) is 0 Å². The summed E-state index contributed by atoms with van der Waals surface area (Å²) < 4.78 is 23.0. The third kappa shape index (κ3) is 6.04. The van der Waals surface area contributed by atoms with Crippen molar-refractivity contribution in [3.8, 4) is 0 Å². The maximum Gasteiger partial charge on any atom is 0.191 e. The van der Waals surface area contributed by atoms with Gasteiger partial charge in [-0.3, -0.25) is 4.99 Å². The van der Waals surface area contributed by atoms with Gasteiger partial charge >= 0.3 is 0 Å². The lowest BCUT2D eigenvalue weighted by Crippen LogP contribution is -2.44. The molecule has 0 amide bonds. The highest BCUT2D eigenvalue weighted by Gasteiger charge is 2.28. The largest absolute Gasteiger partial charge is 0.357 e. The molecular formula is C14H24IN3O2S2. The van der Waals surface area contributed by atoms with E-state index in [1.165, 1.54) is 5.56 Å². The fourth-order valence-corrected chi connectivity index (χ4v) is 4.77. The summed E-state index contributed by atoms with van der Waals surface area (Å²) in [6, 6.07) is 2.10. The monoisotopic (exact) mass is 457 g/mol. The molecule has 22 heavy (non-hydrogen) atoms. The second kappa shape index (κ2) is 9.07. The zero-order valence-corrected chi connectivity index (χ0v) is 16.9. The van der Waals surface area contributed by atoms with E-state index in [0.717, 1.165) is 6.54 Å². The molecule has 126 valence electrons. The van der Waals surface area contributed by atoms with Crippen LogP contribution in [0.3, 0.4) is 0 Å². The topological polar surface area (TPSA) is 70.6 Å². The summed E-state index contributed by atoms with van der Waals surface area (Å²) in [7, 11) is -2.87. The van der Waals surface area contributed by atoms with Crippen LogP contribution in [0.4, 0.5) is 0 Å². The molecule has 1 fully saturated rings. The number of aliphatic imine (C=N–C) groups is 1. The fourth-order valence-electron chi connectivity index (χ4n) is 2.31. The average molecular weight is 457 g/mol. The molecule has 2 atom stereocenters. The van der Waals surface area contributed by atoms with Gasteiger partial charge in [-0.2, -0.15) is 11.3 Å². The van der Waals surface area contributed by atoms with Crippen LogP contribution in [-0.4, -0.2) is 45.0 Å². The average Bonchev–Trinajstić information content (AvgIpc) is 3.05. The first-order valence-electron chi connectivity index (χ1n) is 7.27. The zero-order chi connectivity index (χ0) is 15.3. The van der Waals surface area contributed by atoms with Gasteiger partial charge in [-0.25, -0.2) is 8.42 Å². The standard InChI is InChI=1S/C14H23N3O2S2.HI/c1-3-15-14(17-13-5-7-21(18,19)10-13)16-8-11(2)12-4-6-20-9-12;/h4,6,9,11,13H,3,5,7-8,10H2,1-2H3,(H2,15,16,17);1H. The molecule has 2 heterocycles. The van der Waals surface area contributed by atoms with E-state index in [1.807, 2.05) is 6.92 Å². The molecule has 1 saturated heterocycles. The number of hydrogen-bond acceptors (Lipinski definition) is 4. The van der Waals surface area contributed by atoms with Gasteiger partial charge in [0.25, 0.3) is 0 Å². The van der Waals surface area contributed by atoms with E-state index < -0.39 is 9.84 Å². The van der Waals surface area contributed by atoms with Crippen LogP contribution in [0.15, 0.2) is 21.8 Å². The summed E-state index contributed by atoms with van der Waals surface area (Å²) in [5.41, 5.74) is 1.29. The number of guanidine groups is 1. The Hall–Kier alpha value is -0.350. The number of nitrogens with one attached hydrogen (secondary N) is 2. The van der Waals surface area contributed by atoms with Crippen molar-refractivity contribution in [3.05, 3.63) is 22.4 Å². The summed E-state index contributed by atoms with van der Waals surface area (Å²) >= 11 is 1.69. The van der Waals surface area contributed by atoms with Crippen molar-refractivity contribution in [1.82, 2.24) is 10.6 Å². The molecule has 1 aliphatic rings. The quantitative estimate of drug-likeness (QED) is 0.404. The Balaban J connectivity index is 0.00000242. The summed E-state index contributed by atoms with van der Waals surface area (Å²) in [4.78, 5) is 4.58. The molecule has 0 bridgehead atoms. The van der Waals surface area contributed by atoms with Crippen molar-refractivity contribution >= 4 is 51.1 Å². The van der Waals surface area contributed by atoms with Crippen molar-refractivity contribution in [3.63, 3.8) is 0 Å². The Morgan fingerprint density at radius 2 is 2.32 bits per heavy atom. The fraction of sp³-hybridized carbons (Fsp3) is 0.643. The highest BCUT2D eigenvalue weighted by molar-refractivity contribution is 14.0. The second-order valence-electron chi connectivity index (χ2n) is 5.42. The first-order valence-corrected chi connectivity index (χ1v) is 10.0. The molecule has 1 aliphatic heterocycles. The van der Waals surface area contributed by atoms with Crippen molar-refractivity contribution in [2.75, 3.05) is 24.6 Å². The first-order chi connectivity index (χ1) is 10.00. The summed E-state index contributed by atoms with van der Waals surface area (Å²) in [5, 5.41) is 10.6. The predicted octanol–water partition coefficient (Wildman–Crippen LogP) is 2.21. The first kappa shape index (κ1) is 19.7. The van der Waals surface area contributed by atoms with Gasteiger partial charge in [0.1, 0.15) is 0 Å². The molecule has 0 radical (unpaired) electrons. The van der Waals surface area contributed by atoms with Gasteiger partial charge < -0.3 is 10.6 Å². The lowest BCUT2D eigenvalue weighted by Gasteiger charge is -2.16. The Labute approximate surface area is 153 Å². The molecule has 5 nitrogen and oxygen atoms in total. The molecule has 8 heteroatoms. The third-order valence-corrected chi connectivity index (χ3v) is 6.02. The van der Waals surface area contributed by atoms with Gasteiger partial charge in [0.05, 0.1) is 11.5 Å². The Bertz CT molecular complexity index is 573. The summed E-state index contributed by atoms with van der Waals surface area (Å²) in [6.07, 6.45) is 0.660. The van der Waals surface area contributed by atoms with E-state index in [2.05, 4.69) is 39.4 Å². The molecule has 1 aromatic rings. The molecule has 2 N–H and O–H groups in total. The number of hydrogen-bond donors (Lipinski definition) is 2. The SMILES string of the molecule is CCNC(=NCC(C)c1ccsc1)NC1CCS(=O)(=O)C1.I. The smallest absolute Gasteiger partial charge is 0.191 e. The lowest BCUT2D eigenvalue weighted by atomic mass is 10.1. The van der Waals surface area contributed by atoms with Gasteiger partial charge in [-0.15, -0.1) is 24.0 Å². The molecule has 2 unspecified atom stereocenters. The lowest BCUT2D eigenvalue weighted by molar-refractivity contribution is 0.599. The minimum absolute atomic E-state index is 0. The molecule has 0 aromatic carbocycles. The predicted molar refractivity (Wildman–Crippen MR) is 104 cm³/mol. The highest BCUT2D eigenvalue weighted by atomic mass is 127. The molecular weight excluding hydrogens is 433 g/mol. The second-order valence-corrected chi connectivity index (χ2v) is 8.43. The summed E-state index contributed by atoms with van der Waals surface area (Å²) in [6.45, 7) is 5.60.